The highest BCUT2D eigenvalue weighted by Crippen LogP contribution is 2.26. The molecule has 1 aromatic carbocycles. The van der Waals surface area contributed by atoms with Gasteiger partial charge in [0.1, 0.15) is 5.75 Å². The van der Waals surface area contributed by atoms with E-state index in [-0.39, 0.29) is 30.1 Å². The van der Waals surface area contributed by atoms with E-state index in [0.717, 1.165) is 6.42 Å². The van der Waals surface area contributed by atoms with E-state index in [0.29, 0.717) is 42.3 Å². The van der Waals surface area contributed by atoms with E-state index in [1.807, 2.05) is 0 Å². The van der Waals surface area contributed by atoms with Gasteiger partial charge < -0.3 is 15.0 Å². The van der Waals surface area contributed by atoms with Gasteiger partial charge in [-0.15, -0.1) is 0 Å². The Hall–Kier alpha value is -2.08. The number of nitrogens with zero attached hydrogens (tertiary/aromatic N) is 1. The lowest BCUT2D eigenvalue weighted by molar-refractivity contribution is -0.128. The number of ketones is 1. The third-order valence-electron chi connectivity index (χ3n) is 4.33. The first-order chi connectivity index (χ1) is 12.0. The Kier molecular flexibility index (Phi) is 6.82. The number of hydrogen-bond donors (Lipinski definition) is 1. The molecule has 0 radical (unpaired) electrons. The Labute approximate surface area is 152 Å². The lowest BCUT2D eigenvalue weighted by Gasteiger charge is -2.32. The summed E-state index contributed by atoms with van der Waals surface area (Å²) in [6, 6.07) is 4.89. The smallest absolute Gasteiger partial charge is 0.257 e. The summed E-state index contributed by atoms with van der Waals surface area (Å²) in [6.45, 7) is 2.70. The van der Waals surface area contributed by atoms with Crippen molar-refractivity contribution >= 4 is 29.2 Å². The summed E-state index contributed by atoms with van der Waals surface area (Å²) in [5.74, 6) is -0.262. The maximum Gasteiger partial charge on any atom is 0.257 e. The number of amides is 2. The van der Waals surface area contributed by atoms with Gasteiger partial charge in [-0.05, 0) is 31.0 Å². The van der Waals surface area contributed by atoms with E-state index in [1.54, 1.807) is 30.0 Å². The van der Waals surface area contributed by atoms with E-state index < -0.39 is 0 Å². The molecule has 0 bridgehead atoms. The second kappa shape index (κ2) is 8.85. The van der Waals surface area contributed by atoms with E-state index in [9.17, 15) is 14.4 Å². The van der Waals surface area contributed by atoms with Crippen LogP contribution in [0.2, 0.25) is 5.02 Å². The molecule has 1 N–H and O–H groups in total. The predicted molar refractivity (Wildman–Crippen MR) is 94.9 cm³/mol. The largest absolute Gasteiger partial charge is 0.496 e. The van der Waals surface area contributed by atoms with Gasteiger partial charge in [-0.1, -0.05) is 18.5 Å². The van der Waals surface area contributed by atoms with Crippen molar-refractivity contribution in [2.24, 2.45) is 5.92 Å². The minimum absolute atomic E-state index is 0.0132. The molecule has 1 aliphatic heterocycles. The van der Waals surface area contributed by atoms with E-state index in [2.05, 4.69) is 5.32 Å². The van der Waals surface area contributed by atoms with Crippen LogP contribution in [0.3, 0.4) is 0 Å². The van der Waals surface area contributed by atoms with Crippen LogP contribution in [0, 0.1) is 5.92 Å². The van der Waals surface area contributed by atoms with Crippen molar-refractivity contribution < 1.29 is 19.1 Å². The lowest BCUT2D eigenvalue weighted by Crippen LogP contribution is -2.46. The Morgan fingerprint density at radius 1 is 1.36 bits per heavy atom. The normalized spacial score (nSPS) is 17.1. The van der Waals surface area contributed by atoms with Crippen LogP contribution in [-0.2, 0) is 9.59 Å². The highest BCUT2D eigenvalue weighted by Gasteiger charge is 2.30. The molecule has 0 aromatic heterocycles. The van der Waals surface area contributed by atoms with Crippen molar-refractivity contribution in [1.82, 2.24) is 10.2 Å². The highest BCUT2D eigenvalue weighted by molar-refractivity contribution is 6.31. The zero-order chi connectivity index (χ0) is 18.4. The fourth-order valence-corrected chi connectivity index (χ4v) is 3.02. The van der Waals surface area contributed by atoms with Gasteiger partial charge in [0.05, 0.1) is 25.1 Å². The molecule has 1 saturated heterocycles. The highest BCUT2D eigenvalue weighted by atomic mass is 35.5. The second-order valence-electron chi connectivity index (χ2n) is 6.04. The molecule has 1 atom stereocenters. The van der Waals surface area contributed by atoms with Gasteiger partial charge in [-0.25, -0.2) is 0 Å². The first kappa shape index (κ1) is 19.2. The Bertz CT molecular complexity index is 662. The molecule has 1 unspecified atom stereocenters. The Balaban J connectivity index is 2.05. The lowest BCUT2D eigenvalue weighted by atomic mass is 9.96. The van der Waals surface area contributed by atoms with Gasteiger partial charge >= 0.3 is 0 Å². The molecule has 1 aliphatic rings. The summed E-state index contributed by atoms with van der Waals surface area (Å²) in [7, 11) is 1.50. The van der Waals surface area contributed by atoms with E-state index in [4.69, 9.17) is 16.3 Å². The van der Waals surface area contributed by atoms with Gasteiger partial charge in [0.25, 0.3) is 5.91 Å². The van der Waals surface area contributed by atoms with Crippen molar-refractivity contribution in [3.63, 3.8) is 0 Å². The number of carbonyl (C=O) groups excluding carboxylic acids is 3. The molecule has 7 heteroatoms. The van der Waals surface area contributed by atoms with Gasteiger partial charge in [-0.3, -0.25) is 14.4 Å². The monoisotopic (exact) mass is 366 g/mol. The van der Waals surface area contributed by atoms with Crippen LogP contribution in [-0.4, -0.2) is 49.2 Å². The minimum Gasteiger partial charge on any atom is -0.496 e. The van der Waals surface area contributed by atoms with Gasteiger partial charge in [0, 0.05) is 24.5 Å². The van der Waals surface area contributed by atoms with E-state index >= 15 is 0 Å². The summed E-state index contributed by atoms with van der Waals surface area (Å²) in [5.41, 5.74) is 0.386. The second-order valence-corrected chi connectivity index (χ2v) is 6.48. The Morgan fingerprint density at radius 3 is 2.80 bits per heavy atom. The standard InChI is InChI=1S/C18H23ClN2O4/c1-3-14(22)10-20-17(23)12-5-4-8-21(11-12)18(24)15-9-13(19)6-7-16(15)25-2/h6-7,9,12H,3-5,8,10-11H2,1-2H3,(H,20,23). The number of methoxy groups -OCH3 is 1. The molecule has 1 heterocycles. The minimum atomic E-state index is -0.312. The molecule has 6 nitrogen and oxygen atoms in total. The first-order valence-electron chi connectivity index (χ1n) is 8.38. The topological polar surface area (TPSA) is 75.7 Å². The van der Waals surface area contributed by atoms with Crippen LogP contribution in [0.15, 0.2) is 18.2 Å². The van der Waals surface area contributed by atoms with Crippen LogP contribution in [0.5, 0.6) is 5.75 Å². The average molecular weight is 367 g/mol. The zero-order valence-corrected chi connectivity index (χ0v) is 15.3. The number of piperidine rings is 1. The number of rotatable bonds is 6. The van der Waals surface area contributed by atoms with Crippen molar-refractivity contribution in [1.29, 1.82) is 0 Å². The predicted octanol–water partition coefficient (Wildman–Crippen LogP) is 2.30. The number of halogens is 1. The molecule has 1 fully saturated rings. The number of Topliss-reactive ketones (excluding diaryl/α,β-unsaturated/α-hetero) is 1. The fraction of sp³-hybridized carbons (Fsp3) is 0.500. The SMILES string of the molecule is CCC(=O)CNC(=O)C1CCCN(C(=O)c2cc(Cl)ccc2OC)C1. The quantitative estimate of drug-likeness (QED) is 0.838. The maximum atomic E-state index is 12.8. The van der Waals surface area contributed by atoms with Gasteiger partial charge in [0.15, 0.2) is 5.78 Å². The summed E-state index contributed by atoms with van der Waals surface area (Å²) >= 11 is 6.00. The molecule has 25 heavy (non-hydrogen) atoms. The van der Waals surface area contributed by atoms with Crippen molar-refractivity contribution in [2.75, 3.05) is 26.7 Å². The van der Waals surface area contributed by atoms with Crippen molar-refractivity contribution in [3.05, 3.63) is 28.8 Å². The number of nitrogens with one attached hydrogen (secondary N) is 1. The molecule has 0 saturated carbocycles. The van der Waals surface area contributed by atoms with Crippen LogP contribution >= 0.6 is 11.6 Å². The number of likely N-dealkylation sites (tertiary alicyclic amines) is 1. The van der Waals surface area contributed by atoms with Crippen LogP contribution in [0.1, 0.15) is 36.5 Å². The fourth-order valence-electron chi connectivity index (χ4n) is 2.85. The molecular formula is C18H23ClN2O4. The van der Waals surface area contributed by atoms with Crippen LogP contribution in [0.25, 0.3) is 0 Å². The third kappa shape index (κ3) is 4.95. The molecule has 2 amide bonds. The number of carbonyl (C=O) groups is 3. The molecular weight excluding hydrogens is 344 g/mol. The molecule has 136 valence electrons. The Morgan fingerprint density at radius 2 is 2.12 bits per heavy atom. The van der Waals surface area contributed by atoms with Crippen molar-refractivity contribution in [3.8, 4) is 5.75 Å². The summed E-state index contributed by atoms with van der Waals surface area (Å²) < 4.78 is 5.24. The summed E-state index contributed by atoms with van der Waals surface area (Å²) in [5, 5.41) is 3.11. The van der Waals surface area contributed by atoms with Crippen molar-refractivity contribution in [2.45, 2.75) is 26.2 Å². The first-order valence-corrected chi connectivity index (χ1v) is 8.76. The number of benzene rings is 1. The zero-order valence-electron chi connectivity index (χ0n) is 14.5. The summed E-state index contributed by atoms with van der Waals surface area (Å²) in [4.78, 5) is 38.1. The van der Waals surface area contributed by atoms with Gasteiger partial charge in [0.2, 0.25) is 5.91 Å². The number of ether oxygens (including phenoxy) is 1. The maximum absolute atomic E-state index is 12.8. The molecule has 2 rings (SSSR count). The molecule has 1 aromatic rings. The molecule has 0 spiro atoms. The third-order valence-corrected chi connectivity index (χ3v) is 4.56. The van der Waals surface area contributed by atoms with E-state index in [1.165, 1.54) is 7.11 Å². The number of hydrogen-bond acceptors (Lipinski definition) is 4. The molecule has 0 aliphatic carbocycles. The average Bonchev–Trinajstić information content (AvgIpc) is 2.65. The van der Waals surface area contributed by atoms with Crippen LogP contribution in [0.4, 0.5) is 0 Å². The van der Waals surface area contributed by atoms with Crippen LogP contribution < -0.4 is 10.1 Å². The summed E-state index contributed by atoms with van der Waals surface area (Å²) in [6.07, 6.45) is 1.82. The van der Waals surface area contributed by atoms with Gasteiger partial charge in [-0.2, -0.15) is 0 Å².